The van der Waals surface area contributed by atoms with Gasteiger partial charge in [0.1, 0.15) is 0 Å². The average Bonchev–Trinajstić information content (AvgIpc) is 2.93. The maximum Gasteiger partial charge on any atom is 0.0964 e. The maximum atomic E-state index is 5.81. The summed E-state index contributed by atoms with van der Waals surface area (Å²) in [6.07, 6.45) is 7.04. The summed E-state index contributed by atoms with van der Waals surface area (Å²) >= 11 is 0. The number of hydrogen-bond acceptors (Lipinski definition) is 5. The van der Waals surface area contributed by atoms with Crippen molar-refractivity contribution in [1.82, 2.24) is 25.2 Å². The van der Waals surface area contributed by atoms with Gasteiger partial charge in [0, 0.05) is 18.8 Å². The smallest absolute Gasteiger partial charge is 0.0964 e. The van der Waals surface area contributed by atoms with Crippen LogP contribution in [0.2, 0.25) is 0 Å². The van der Waals surface area contributed by atoms with Crippen molar-refractivity contribution in [2.75, 3.05) is 33.4 Å². The molecule has 0 amide bonds. The SMILES string of the molecule is CCCNCc1cn(CCOCC2CCCCN2C)nn1. The lowest BCUT2D eigenvalue weighted by Gasteiger charge is -2.32. The number of likely N-dealkylation sites (N-methyl/N-ethyl adjacent to an activating group) is 1. The van der Waals surface area contributed by atoms with E-state index in [4.69, 9.17) is 4.74 Å². The van der Waals surface area contributed by atoms with E-state index in [1.807, 2.05) is 10.9 Å². The molecule has 1 unspecified atom stereocenters. The van der Waals surface area contributed by atoms with Gasteiger partial charge in [0.2, 0.25) is 0 Å². The zero-order chi connectivity index (χ0) is 14.9. The highest BCUT2D eigenvalue weighted by atomic mass is 16.5. The van der Waals surface area contributed by atoms with Crippen molar-refractivity contribution in [1.29, 1.82) is 0 Å². The Morgan fingerprint density at radius 1 is 1.43 bits per heavy atom. The summed E-state index contributed by atoms with van der Waals surface area (Å²) in [4.78, 5) is 2.41. The van der Waals surface area contributed by atoms with Crippen LogP contribution in [-0.2, 0) is 17.8 Å². The molecule has 0 saturated carbocycles. The molecule has 6 nitrogen and oxygen atoms in total. The van der Waals surface area contributed by atoms with Crippen molar-refractivity contribution in [3.05, 3.63) is 11.9 Å². The molecule has 1 atom stereocenters. The fourth-order valence-electron chi connectivity index (χ4n) is 2.65. The van der Waals surface area contributed by atoms with Crippen LogP contribution in [-0.4, -0.2) is 59.3 Å². The van der Waals surface area contributed by atoms with Crippen molar-refractivity contribution < 1.29 is 4.74 Å². The molecular formula is C15H29N5O. The Labute approximate surface area is 127 Å². The van der Waals surface area contributed by atoms with Gasteiger partial charge in [0.05, 0.1) is 25.5 Å². The second kappa shape index (κ2) is 9.12. The summed E-state index contributed by atoms with van der Waals surface area (Å²) in [6.45, 7) is 7.48. The lowest BCUT2D eigenvalue weighted by atomic mass is 10.0. The third kappa shape index (κ3) is 5.73. The summed E-state index contributed by atoms with van der Waals surface area (Å²) in [5, 5.41) is 11.6. The van der Waals surface area contributed by atoms with Crippen LogP contribution in [0.3, 0.4) is 0 Å². The fraction of sp³-hybridized carbons (Fsp3) is 0.867. The summed E-state index contributed by atoms with van der Waals surface area (Å²) in [6, 6.07) is 0.586. The largest absolute Gasteiger partial charge is 0.378 e. The number of nitrogens with one attached hydrogen (secondary N) is 1. The van der Waals surface area contributed by atoms with Crippen LogP contribution in [0.5, 0.6) is 0 Å². The lowest BCUT2D eigenvalue weighted by molar-refractivity contribution is 0.0482. The van der Waals surface area contributed by atoms with Gasteiger partial charge in [-0.2, -0.15) is 0 Å². The highest BCUT2D eigenvalue weighted by Crippen LogP contribution is 2.14. The minimum absolute atomic E-state index is 0.586. The first-order valence-electron chi connectivity index (χ1n) is 8.17. The molecule has 0 bridgehead atoms. The zero-order valence-electron chi connectivity index (χ0n) is 13.4. The van der Waals surface area contributed by atoms with Crippen LogP contribution in [0.1, 0.15) is 38.3 Å². The monoisotopic (exact) mass is 295 g/mol. The first kappa shape index (κ1) is 16.4. The molecule has 0 aliphatic carbocycles. The quantitative estimate of drug-likeness (QED) is 0.696. The van der Waals surface area contributed by atoms with Crippen molar-refractivity contribution in [2.24, 2.45) is 0 Å². The summed E-state index contributed by atoms with van der Waals surface area (Å²) in [5.41, 5.74) is 0.996. The summed E-state index contributed by atoms with van der Waals surface area (Å²) in [5.74, 6) is 0. The normalized spacial score (nSPS) is 20.0. The molecular weight excluding hydrogens is 266 g/mol. The Kier molecular flexibility index (Phi) is 7.12. The van der Waals surface area contributed by atoms with E-state index in [1.54, 1.807) is 0 Å². The maximum absolute atomic E-state index is 5.81. The van der Waals surface area contributed by atoms with E-state index in [0.29, 0.717) is 12.6 Å². The molecule has 1 aliphatic heterocycles. The minimum Gasteiger partial charge on any atom is -0.378 e. The standard InChI is InChI=1S/C15H29N5O/c1-3-7-16-11-14-12-20(18-17-14)9-10-21-13-15-6-4-5-8-19(15)2/h12,15-16H,3-11,13H2,1-2H3. The predicted octanol–water partition coefficient (Wildman–Crippen LogP) is 1.28. The molecule has 2 heterocycles. The summed E-state index contributed by atoms with van der Waals surface area (Å²) < 4.78 is 7.68. The summed E-state index contributed by atoms with van der Waals surface area (Å²) in [7, 11) is 2.19. The molecule has 120 valence electrons. The molecule has 1 N–H and O–H groups in total. The predicted molar refractivity (Wildman–Crippen MR) is 83.1 cm³/mol. The number of piperidine rings is 1. The zero-order valence-corrected chi connectivity index (χ0v) is 13.4. The molecule has 0 aromatic carbocycles. The molecule has 6 heteroatoms. The van der Waals surface area contributed by atoms with Gasteiger partial charge in [-0.1, -0.05) is 18.6 Å². The molecule has 1 fully saturated rings. The van der Waals surface area contributed by atoms with Gasteiger partial charge in [-0.15, -0.1) is 5.10 Å². The van der Waals surface area contributed by atoms with E-state index < -0.39 is 0 Å². The van der Waals surface area contributed by atoms with Crippen LogP contribution < -0.4 is 5.32 Å². The van der Waals surface area contributed by atoms with E-state index in [2.05, 4.69) is 34.5 Å². The van der Waals surface area contributed by atoms with Crippen LogP contribution in [0.4, 0.5) is 0 Å². The van der Waals surface area contributed by atoms with Crippen molar-refractivity contribution in [3.8, 4) is 0 Å². The number of aromatic nitrogens is 3. The third-order valence-corrected chi connectivity index (χ3v) is 4.02. The Morgan fingerprint density at radius 3 is 3.14 bits per heavy atom. The minimum atomic E-state index is 0.586. The van der Waals surface area contributed by atoms with Crippen molar-refractivity contribution in [3.63, 3.8) is 0 Å². The molecule has 21 heavy (non-hydrogen) atoms. The van der Waals surface area contributed by atoms with Crippen LogP contribution in [0.15, 0.2) is 6.20 Å². The number of ether oxygens (including phenoxy) is 1. The Morgan fingerprint density at radius 2 is 2.33 bits per heavy atom. The van der Waals surface area contributed by atoms with Gasteiger partial charge in [0.25, 0.3) is 0 Å². The van der Waals surface area contributed by atoms with Crippen LogP contribution in [0.25, 0.3) is 0 Å². The van der Waals surface area contributed by atoms with Crippen molar-refractivity contribution >= 4 is 0 Å². The molecule has 1 aromatic heterocycles. The van der Waals surface area contributed by atoms with Gasteiger partial charge in [-0.3, -0.25) is 0 Å². The second-order valence-electron chi connectivity index (χ2n) is 5.85. The number of rotatable bonds is 9. The average molecular weight is 295 g/mol. The molecule has 1 aliphatic rings. The van der Waals surface area contributed by atoms with Gasteiger partial charge in [-0.05, 0) is 39.4 Å². The fourth-order valence-corrected chi connectivity index (χ4v) is 2.65. The molecule has 1 aromatic rings. The highest BCUT2D eigenvalue weighted by Gasteiger charge is 2.18. The number of likely N-dealkylation sites (tertiary alicyclic amines) is 1. The Bertz CT molecular complexity index is 395. The van der Waals surface area contributed by atoms with Gasteiger partial charge < -0.3 is 15.0 Å². The van der Waals surface area contributed by atoms with Crippen LogP contribution >= 0.6 is 0 Å². The number of nitrogens with zero attached hydrogens (tertiary/aromatic N) is 4. The van der Waals surface area contributed by atoms with Gasteiger partial charge >= 0.3 is 0 Å². The van der Waals surface area contributed by atoms with Crippen LogP contribution in [0, 0.1) is 0 Å². The first-order valence-corrected chi connectivity index (χ1v) is 8.17. The second-order valence-corrected chi connectivity index (χ2v) is 5.85. The highest BCUT2D eigenvalue weighted by molar-refractivity contribution is 4.91. The Hall–Kier alpha value is -0.980. The topological polar surface area (TPSA) is 55.2 Å². The Balaban J connectivity index is 1.60. The van der Waals surface area contributed by atoms with E-state index in [9.17, 15) is 0 Å². The molecule has 2 rings (SSSR count). The molecule has 0 spiro atoms. The first-order chi connectivity index (χ1) is 10.3. The van der Waals surface area contributed by atoms with Gasteiger partial charge in [-0.25, -0.2) is 4.68 Å². The number of hydrogen-bond donors (Lipinski definition) is 1. The van der Waals surface area contributed by atoms with E-state index >= 15 is 0 Å². The lowest BCUT2D eigenvalue weighted by Crippen LogP contribution is -2.39. The molecule has 1 saturated heterocycles. The van der Waals surface area contributed by atoms with Gasteiger partial charge in [0.15, 0.2) is 0 Å². The molecule has 0 radical (unpaired) electrons. The van der Waals surface area contributed by atoms with Crippen molar-refractivity contribution in [2.45, 2.75) is 51.7 Å². The van der Waals surface area contributed by atoms with E-state index in [1.165, 1.54) is 25.8 Å². The third-order valence-electron chi connectivity index (χ3n) is 4.02. The van der Waals surface area contributed by atoms with E-state index in [0.717, 1.165) is 38.4 Å². The van der Waals surface area contributed by atoms with E-state index in [-0.39, 0.29) is 0 Å².